The molecule has 0 aliphatic carbocycles. The molecule has 1 saturated heterocycles. The van der Waals surface area contributed by atoms with Gasteiger partial charge < -0.3 is 15.2 Å². The van der Waals surface area contributed by atoms with Gasteiger partial charge in [0.25, 0.3) is 0 Å². The Morgan fingerprint density at radius 2 is 2.44 bits per heavy atom. The highest BCUT2D eigenvalue weighted by molar-refractivity contribution is 4.73. The van der Waals surface area contributed by atoms with E-state index in [2.05, 4.69) is 5.32 Å². The van der Waals surface area contributed by atoms with Gasteiger partial charge in [0.15, 0.2) is 0 Å². The Hall–Kier alpha value is -0.120. The number of hydrogen-bond acceptors (Lipinski definition) is 3. The molecular weight excluding hydrogens is 118 g/mol. The van der Waals surface area contributed by atoms with Crippen molar-refractivity contribution >= 4 is 0 Å². The van der Waals surface area contributed by atoms with Gasteiger partial charge in [-0.15, -0.1) is 0 Å². The van der Waals surface area contributed by atoms with Crippen LogP contribution in [0.3, 0.4) is 0 Å². The quantitative estimate of drug-likeness (QED) is 0.535. The van der Waals surface area contributed by atoms with E-state index in [4.69, 9.17) is 9.84 Å². The minimum Gasteiger partial charge on any atom is -0.392 e. The Balaban J connectivity index is 1.91. The first-order valence-electron chi connectivity index (χ1n) is 3.28. The molecule has 0 aromatic rings. The predicted octanol–water partition coefficient (Wildman–Crippen LogP) is -0.644. The Morgan fingerprint density at radius 3 is 2.78 bits per heavy atom. The largest absolute Gasteiger partial charge is 0.392 e. The van der Waals surface area contributed by atoms with Gasteiger partial charge in [-0.05, 0) is 6.92 Å². The van der Waals surface area contributed by atoms with Gasteiger partial charge in [0.2, 0.25) is 0 Å². The summed E-state index contributed by atoms with van der Waals surface area (Å²) in [5, 5.41) is 12.0. The van der Waals surface area contributed by atoms with E-state index in [0.29, 0.717) is 12.6 Å². The first kappa shape index (κ1) is 6.99. The molecule has 0 radical (unpaired) electrons. The van der Waals surface area contributed by atoms with Crippen LogP contribution < -0.4 is 5.32 Å². The zero-order chi connectivity index (χ0) is 6.69. The standard InChI is InChI=1S/C6H13NO2/c1-5(8)2-7-6-3-9-4-6/h5-8H,2-4H2,1H3/t5-/m0/s1. The summed E-state index contributed by atoms with van der Waals surface area (Å²) in [5.41, 5.74) is 0. The lowest BCUT2D eigenvalue weighted by molar-refractivity contribution is -0.00897. The van der Waals surface area contributed by atoms with E-state index in [1.54, 1.807) is 6.92 Å². The van der Waals surface area contributed by atoms with Crippen molar-refractivity contribution < 1.29 is 9.84 Å². The molecule has 1 atom stereocenters. The van der Waals surface area contributed by atoms with Crippen LogP contribution in [0.4, 0.5) is 0 Å². The number of hydrogen-bond donors (Lipinski definition) is 2. The van der Waals surface area contributed by atoms with Gasteiger partial charge in [-0.25, -0.2) is 0 Å². The number of rotatable bonds is 3. The molecule has 0 aromatic heterocycles. The molecule has 1 aliphatic rings. The smallest absolute Gasteiger partial charge is 0.0643 e. The van der Waals surface area contributed by atoms with E-state index in [0.717, 1.165) is 13.2 Å². The van der Waals surface area contributed by atoms with E-state index >= 15 is 0 Å². The van der Waals surface area contributed by atoms with Gasteiger partial charge in [-0.1, -0.05) is 0 Å². The van der Waals surface area contributed by atoms with Crippen molar-refractivity contribution in [3.05, 3.63) is 0 Å². The third-order valence-electron chi connectivity index (χ3n) is 1.34. The molecule has 9 heavy (non-hydrogen) atoms. The van der Waals surface area contributed by atoms with Crippen LogP contribution in [0.2, 0.25) is 0 Å². The second-order valence-electron chi connectivity index (χ2n) is 2.49. The number of ether oxygens (including phenoxy) is 1. The minimum atomic E-state index is -0.245. The van der Waals surface area contributed by atoms with Crippen LogP contribution in [0.25, 0.3) is 0 Å². The maximum atomic E-state index is 8.82. The molecule has 0 aromatic carbocycles. The average molecular weight is 131 g/mol. The van der Waals surface area contributed by atoms with Crippen LogP contribution in [0, 0.1) is 0 Å². The fourth-order valence-corrected chi connectivity index (χ4v) is 0.691. The maximum absolute atomic E-state index is 8.82. The second-order valence-corrected chi connectivity index (χ2v) is 2.49. The monoisotopic (exact) mass is 131 g/mol. The molecule has 0 bridgehead atoms. The number of aliphatic hydroxyl groups is 1. The molecule has 3 nitrogen and oxygen atoms in total. The zero-order valence-electron chi connectivity index (χ0n) is 5.63. The fraction of sp³-hybridized carbons (Fsp3) is 1.00. The van der Waals surface area contributed by atoms with Gasteiger partial charge in [-0.2, -0.15) is 0 Å². The summed E-state index contributed by atoms with van der Waals surface area (Å²) in [6.07, 6.45) is -0.245. The van der Waals surface area contributed by atoms with Crippen molar-refractivity contribution in [3.63, 3.8) is 0 Å². The van der Waals surface area contributed by atoms with Gasteiger partial charge in [0, 0.05) is 6.54 Å². The number of nitrogens with one attached hydrogen (secondary N) is 1. The summed E-state index contributed by atoms with van der Waals surface area (Å²) < 4.78 is 4.92. The fourth-order valence-electron chi connectivity index (χ4n) is 0.691. The Labute approximate surface area is 55.0 Å². The van der Waals surface area contributed by atoms with Gasteiger partial charge >= 0.3 is 0 Å². The molecule has 0 unspecified atom stereocenters. The average Bonchev–Trinajstić information content (AvgIpc) is 1.60. The summed E-state index contributed by atoms with van der Waals surface area (Å²) in [5.74, 6) is 0. The van der Waals surface area contributed by atoms with Crippen molar-refractivity contribution in [2.45, 2.75) is 19.1 Å². The molecule has 54 valence electrons. The normalized spacial score (nSPS) is 23.3. The lowest BCUT2D eigenvalue weighted by Crippen LogP contribution is -2.47. The topological polar surface area (TPSA) is 41.5 Å². The highest BCUT2D eigenvalue weighted by Gasteiger charge is 2.17. The van der Waals surface area contributed by atoms with Crippen molar-refractivity contribution in [1.82, 2.24) is 5.32 Å². The van der Waals surface area contributed by atoms with E-state index in [1.165, 1.54) is 0 Å². The maximum Gasteiger partial charge on any atom is 0.0643 e. The number of aliphatic hydroxyl groups excluding tert-OH is 1. The molecule has 1 aliphatic heterocycles. The molecule has 0 spiro atoms. The lowest BCUT2D eigenvalue weighted by Gasteiger charge is -2.27. The molecule has 0 amide bonds. The first-order chi connectivity index (χ1) is 4.29. The predicted molar refractivity (Wildman–Crippen MR) is 34.3 cm³/mol. The molecule has 1 heterocycles. The van der Waals surface area contributed by atoms with Crippen LogP contribution in [0.5, 0.6) is 0 Å². The van der Waals surface area contributed by atoms with E-state index in [9.17, 15) is 0 Å². The van der Waals surface area contributed by atoms with Crippen LogP contribution >= 0.6 is 0 Å². The highest BCUT2D eigenvalue weighted by atomic mass is 16.5. The summed E-state index contributed by atoms with van der Waals surface area (Å²) in [7, 11) is 0. The van der Waals surface area contributed by atoms with Crippen LogP contribution in [0.1, 0.15) is 6.92 Å². The molecule has 1 fully saturated rings. The summed E-state index contributed by atoms with van der Waals surface area (Å²) in [6, 6.07) is 0.486. The van der Waals surface area contributed by atoms with Crippen LogP contribution in [0.15, 0.2) is 0 Å². The van der Waals surface area contributed by atoms with Gasteiger partial charge in [-0.3, -0.25) is 0 Å². The first-order valence-corrected chi connectivity index (χ1v) is 3.28. The molecule has 1 rings (SSSR count). The molecule has 3 heteroatoms. The van der Waals surface area contributed by atoms with Gasteiger partial charge in [0.05, 0.1) is 25.4 Å². The van der Waals surface area contributed by atoms with Crippen molar-refractivity contribution in [1.29, 1.82) is 0 Å². The second kappa shape index (κ2) is 3.15. The summed E-state index contributed by atoms with van der Waals surface area (Å²) in [6.45, 7) is 4.04. The Kier molecular flexibility index (Phi) is 2.45. The third-order valence-corrected chi connectivity index (χ3v) is 1.34. The SMILES string of the molecule is C[C@H](O)CNC1COC1. The highest BCUT2D eigenvalue weighted by Crippen LogP contribution is 1.98. The zero-order valence-corrected chi connectivity index (χ0v) is 5.63. The lowest BCUT2D eigenvalue weighted by atomic mass is 10.2. The third kappa shape index (κ3) is 2.30. The molecular formula is C6H13NO2. The van der Waals surface area contributed by atoms with Crippen molar-refractivity contribution in [2.75, 3.05) is 19.8 Å². The van der Waals surface area contributed by atoms with Crippen LogP contribution in [-0.4, -0.2) is 37.0 Å². The van der Waals surface area contributed by atoms with E-state index in [-0.39, 0.29) is 6.10 Å². The molecule has 0 saturated carbocycles. The summed E-state index contributed by atoms with van der Waals surface area (Å²) >= 11 is 0. The minimum absolute atomic E-state index is 0.245. The Morgan fingerprint density at radius 1 is 1.78 bits per heavy atom. The van der Waals surface area contributed by atoms with E-state index in [1.807, 2.05) is 0 Å². The van der Waals surface area contributed by atoms with Crippen LogP contribution in [-0.2, 0) is 4.74 Å². The van der Waals surface area contributed by atoms with Crippen molar-refractivity contribution in [3.8, 4) is 0 Å². The van der Waals surface area contributed by atoms with Crippen molar-refractivity contribution in [2.24, 2.45) is 0 Å². The van der Waals surface area contributed by atoms with Gasteiger partial charge in [0.1, 0.15) is 0 Å². The molecule has 2 N–H and O–H groups in total. The summed E-state index contributed by atoms with van der Waals surface area (Å²) in [4.78, 5) is 0. The van der Waals surface area contributed by atoms with E-state index < -0.39 is 0 Å². The Bertz CT molecular complexity index is 81.1.